The average molecular weight is 262 g/mol. The van der Waals surface area contributed by atoms with E-state index in [0.717, 1.165) is 0 Å². The van der Waals surface area contributed by atoms with Crippen molar-refractivity contribution in [2.45, 2.75) is 6.92 Å². The number of benzene rings is 1. The van der Waals surface area contributed by atoms with Gasteiger partial charge in [0, 0.05) is 4.47 Å². The summed E-state index contributed by atoms with van der Waals surface area (Å²) in [5.74, 6) is -0.499. The Hall–Kier alpha value is -1.10. The molecular weight excluding hydrogens is 253 g/mol. The van der Waals surface area contributed by atoms with Crippen LogP contribution in [-0.2, 0) is 4.74 Å². The Morgan fingerprint density at radius 1 is 1.64 bits per heavy atom. The van der Waals surface area contributed by atoms with Gasteiger partial charge < -0.3 is 4.74 Å². The fraction of sp³-hybridized carbons (Fsp3) is 0.222. The predicted molar refractivity (Wildman–Crippen MR) is 54.7 cm³/mol. The molecule has 0 radical (unpaired) electrons. The van der Waals surface area contributed by atoms with Crippen LogP contribution in [-0.4, -0.2) is 12.7 Å². The van der Waals surface area contributed by atoms with E-state index >= 15 is 0 Å². The van der Waals surface area contributed by atoms with Crippen molar-refractivity contribution in [3.8, 4) is 0 Å². The highest BCUT2D eigenvalue weighted by molar-refractivity contribution is 9.10. The van der Waals surface area contributed by atoms with Crippen molar-refractivity contribution in [3.63, 3.8) is 0 Å². The van der Waals surface area contributed by atoms with Crippen LogP contribution in [0.2, 0.25) is 0 Å². The van der Waals surface area contributed by atoms with Gasteiger partial charge in [0.1, 0.15) is 5.82 Å². The molecule has 1 rings (SSSR count). The Bertz CT molecular complexity index is 344. The van der Waals surface area contributed by atoms with Crippen molar-refractivity contribution >= 4 is 27.7 Å². The van der Waals surface area contributed by atoms with Gasteiger partial charge in [-0.3, -0.25) is 5.32 Å². The van der Waals surface area contributed by atoms with E-state index in [1.807, 2.05) is 0 Å². The molecule has 0 spiro atoms. The van der Waals surface area contributed by atoms with Gasteiger partial charge in [0.15, 0.2) is 0 Å². The molecule has 0 saturated heterocycles. The van der Waals surface area contributed by atoms with Crippen LogP contribution in [0.25, 0.3) is 0 Å². The zero-order chi connectivity index (χ0) is 10.6. The van der Waals surface area contributed by atoms with E-state index in [4.69, 9.17) is 0 Å². The number of nitrogens with one attached hydrogen (secondary N) is 1. The van der Waals surface area contributed by atoms with Crippen molar-refractivity contribution in [3.05, 3.63) is 28.5 Å². The smallest absolute Gasteiger partial charge is 0.411 e. The number of amides is 1. The Morgan fingerprint density at radius 3 is 3.00 bits per heavy atom. The number of anilines is 1. The second kappa shape index (κ2) is 4.95. The highest BCUT2D eigenvalue weighted by Gasteiger charge is 2.07. The van der Waals surface area contributed by atoms with Crippen LogP contribution < -0.4 is 5.32 Å². The first-order valence-electron chi connectivity index (χ1n) is 4.02. The van der Waals surface area contributed by atoms with Crippen LogP contribution in [0, 0.1) is 5.82 Å². The molecule has 1 aromatic rings. The average Bonchev–Trinajstić information content (AvgIpc) is 2.12. The molecular formula is C9H9BrFNO2. The topological polar surface area (TPSA) is 38.3 Å². The lowest BCUT2D eigenvalue weighted by molar-refractivity contribution is 0.168. The normalized spacial score (nSPS) is 9.64. The Balaban J connectivity index is 2.75. The molecule has 1 amide bonds. The van der Waals surface area contributed by atoms with Crippen LogP contribution in [0.5, 0.6) is 0 Å². The number of halogens is 2. The van der Waals surface area contributed by atoms with E-state index in [1.54, 1.807) is 13.0 Å². The highest BCUT2D eigenvalue weighted by Crippen LogP contribution is 2.19. The fourth-order valence-electron chi connectivity index (χ4n) is 0.870. The molecule has 5 heteroatoms. The van der Waals surface area contributed by atoms with Gasteiger partial charge in [0.05, 0.1) is 12.3 Å². The summed E-state index contributed by atoms with van der Waals surface area (Å²) in [4.78, 5) is 11.0. The first-order valence-corrected chi connectivity index (χ1v) is 4.81. The van der Waals surface area contributed by atoms with Crippen molar-refractivity contribution in [2.24, 2.45) is 0 Å². The molecule has 0 heterocycles. The zero-order valence-electron chi connectivity index (χ0n) is 7.51. The molecule has 0 aliphatic rings. The van der Waals surface area contributed by atoms with E-state index in [1.165, 1.54) is 12.1 Å². The maximum Gasteiger partial charge on any atom is 0.411 e. The van der Waals surface area contributed by atoms with Crippen molar-refractivity contribution in [2.75, 3.05) is 11.9 Å². The van der Waals surface area contributed by atoms with Gasteiger partial charge in [0.25, 0.3) is 0 Å². The van der Waals surface area contributed by atoms with Crippen LogP contribution in [0.15, 0.2) is 22.7 Å². The highest BCUT2D eigenvalue weighted by atomic mass is 79.9. The first kappa shape index (κ1) is 11.0. The van der Waals surface area contributed by atoms with Gasteiger partial charge in [-0.05, 0) is 25.1 Å². The minimum Gasteiger partial charge on any atom is -0.450 e. The molecule has 0 atom stereocenters. The second-order valence-corrected chi connectivity index (χ2v) is 3.39. The molecule has 1 N–H and O–H groups in total. The molecule has 0 aliphatic carbocycles. The van der Waals surface area contributed by atoms with Gasteiger partial charge >= 0.3 is 6.09 Å². The molecule has 14 heavy (non-hydrogen) atoms. The lowest BCUT2D eigenvalue weighted by Gasteiger charge is -2.06. The van der Waals surface area contributed by atoms with Gasteiger partial charge in [-0.1, -0.05) is 15.9 Å². The van der Waals surface area contributed by atoms with Crippen LogP contribution in [0.3, 0.4) is 0 Å². The summed E-state index contributed by atoms with van der Waals surface area (Å²) in [6.07, 6.45) is -0.662. The molecule has 3 nitrogen and oxygen atoms in total. The van der Waals surface area contributed by atoms with Gasteiger partial charge in [0.2, 0.25) is 0 Å². The SMILES string of the molecule is CCOC(=O)Nc1cc(Br)ccc1F. The maximum absolute atomic E-state index is 13.1. The molecule has 1 aromatic carbocycles. The van der Waals surface area contributed by atoms with Crippen molar-refractivity contribution in [1.82, 2.24) is 0 Å². The van der Waals surface area contributed by atoms with Crippen LogP contribution in [0.4, 0.5) is 14.9 Å². The summed E-state index contributed by atoms with van der Waals surface area (Å²) < 4.78 is 18.4. The number of ether oxygens (including phenoxy) is 1. The number of carbonyl (C=O) groups excluding carboxylic acids is 1. The third kappa shape index (κ3) is 2.99. The van der Waals surface area contributed by atoms with Gasteiger partial charge in [-0.2, -0.15) is 0 Å². The summed E-state index contributed by atoms with van der Waals surface area (Å²) in [5, 5.41) is 2.29. The number of carbonyl (C=O) groups is 1. The summed E-state index contributed by atoms with van der Waals surface area (Å²) in [5.41, 5.74) is 0.0952. The standard InChI is InChI=1S/C9H9BrFNO2/c1-2-14-9(13)12-8-5-6(10)3-4-7(8)11/h3-5H,2H2,1H3,(H,12,13). The Morgan fingerprint density at radius 2 is 2.36 bits per heavy atom. The van der Waals surface area contributed by atoms with Crippen LogP contribution in [0.1, 0.15) is 6.92 Å². The van der Waals surface area contributed by atoms with E-state index in [2.05, 4.69) is 26.0 Å². The number of hydrogen-bond donors (Lipinski definition) is 1. The molecule has 0 unspecified atom stereocenters. The monoisotopic (exact) mass is 261 g/mol. The van der Waals surface area contributed by atoms with E-state index in [9.17, 15) is 9.18 Å². The maximum atomic E-state index is 13.1. The quantitative estimate of drug-likeness (QED) is 0.888. The van der Waals surface area contributed by atoms with E-state index in [-0.39, 0.29) is 12.3 Å². The van der Waals surface area contributed by atoms with Crippen molar-refractivity contribution < 1.29 is 13.9 Å². The number of hydrogen-bond acceptors (Lipinski definition) is 2. The molecule has 0 fully saturated rings. The molecule has 0 aliphatic heterocycles. The summed E-state index contributed by atoms with van der Waals surface area (Å²) in [7, 11) is 0. The fourth-order valence-corrected chi connectivity index (χ4v) is 1.23. The predicted octanol–water partition coefficient (Wildman–Crippen LogP) is 3.16. The largest absolute Gasteiger partial charge is 0.450 e. The first-order chi connectivity index (χ1) is 6.63. The minimum atomic E-state index is -0.662. The second-order valence-electron chi connectivity index (χ2n) is 2.47. The minimum absolute atomic E-state index is 0.0952. The van der Waals surface area contributed by atoms with E-state index in [0.29, 0.717) is 4.47 Å². The Kier molecular flexibility index (Phi) is 3.88. The zero-order valence-corrected chi connectivity index (χ0v) is 9.10. The third-order valence-corrected chi connectivity index (χ3v) is 1.93. The van der Waals surface area contributed by atoms with Crippen LogP contribution >= 0.6 is 15.9 Å². The lowest BCUT2D eigenvalue weighted by atomic mass is 10.3. The molecule has 0 saturated carbocycles. The third-order valence-electron chi connectivity index (χ3n) is 1.44. The summed E-state index contributed by atoms with van der Waals surface area (Å²) in [6.45, 7) is 1.93. The number of rotatable bonds is 2. The summed E-state index contributed by atoms with van der Waals surface area (Å²) >= 11 is 3.17. The molecule has 0 aromatic heterocycles. The molecule has 76 valence electrons. The van der Waals surface area contributed by atoms with Gasteiger partial charge in [-0.25, -0.2) is 9.18 Å². The Labute approximate surface area is 89.4 Å². The summed E-state index contributed by atoms with van der Waals surface area (Å²) in [6, 6.07) is 4.27. The van der Waals surface area contributed by atoms with E-state index < -0.39 is 11.9 Å². The van der Waals surface area contributed by atoms with Crippen molar-refractivity contribution in [1.29, 1.82) is 0 Å². The molecule has 0 bridgehead atoms. The van der Waals surface area contributed by atoms with Gasteiger partial charge in [-0.15, -0.1) is 0 Å². The lowest BCUT2D eigenvalue weighted by Crippen LogP contribution is -2.14.